The fraction of sp³-hybridized carbons (Fsp3) is 0.333. The Morgan fingerprint density at radius 3 is 2.31 bits per heavy atom. The summed E-state index contributed by atoms with van der Waals surface area (Å²) in [7, 11) is 0. The molecule has 3 aromatic carbocycles. The summed E-state index contributed by atoms with van der Waals surface area (Å²) in [6.45, 7) is 1.48. The summed E-state index contributed by atoms with van der Waals surface area (Å²) in [5.74, 6) is 2.78. The molecule has 0 amide bonds. The van der Waals surface area contributed by atoms with Crippen molar-refractivity contribution in [2.75, 3.05) is 12.9 Å². The number of hydrogen-bond acceptors (Lipinski definition) is 5. The van der Waals surface area contributed by atoms with Crippen LogP contribution in [0.5, 0.6) is 0 Å². The van der Waals surface area contributed by atoms with E-state index in [0.29, 0.717) is 26.2 Å². The molecule has 0 radical (unpaired) electrons. The Morgan fingerprint density at radius 2 is 1.69 bits per heavy atom. The number of benzene rings is 3. The van der Waals surface area contributed by atoms with Gasteiger partial charge in [0.25, 0.3) is 0 Å². The van der Waals surface area contributed by atoms with E-state index in [9.17, 15) is 5.11 Å². The molecule has 3 atom stereocenters. The van der Waals surface area contributed by atoms with E-state index in [1.807, 2.05) is 54.8 Å². The second kappa shape index (κ2) is 12.9. The summed E-state index contributed by atoms with van der Waals surface area (Å²) in [5.41, 5.74) is 4.86. The van der Waals surface area contributed by atoms with Crippen molar-refractivity contribution in [2.45, 2.75) is 55.9 Å². The first kappa shape index (κ1) is 25.5. The van der Waals surface area contributed by atoms with Crippen LogP contribution in [0.25, 0.3) is 0 Å². The summed E-state index contributed by atoms with van der Waals surface area (Å²) in [5, 5.41) is 10.1. The highest BCUT2D eigenvalue weighted by Crippen LogP contribution is 2.37. The Balaban J connectivity index is 1.51. The first-order chi connectivity index (χ1) is 17.2. The van der Waals surface area contributed by atoms with Crippen LogP contribution in [0.4, 0.5) is 0 Å². The van der Waals surface area contributed by atoms with Gasteiger partial charge in [-0.2, -0.15) is 0 Å². The van der Waals surface area contributed by atoms with E-state index in [4.69, 9.17) is 20.6 Å². The molecule has 3 aromatic rings. The SMILES string of the molecule is C#Cc1cc(C2CC(OCc3ccccc3)C[C@@H](COCc3ccccc3)O2)c(CO)cc1SC. The predicted molar refractivity (Wildman–Crippen MR) is 140 cm³/mol. The minimum Gasteiger partial charge on any atom is -0.392 e. The molecule has 5 heteroatoms. The van der Waals surface area contributed by atoms with Gasteiger partial charge in [-0.1, -0.05) is 66.6 Å². The number of hydrogen-bond donors (Lipinski definition) is 1. The average molecular weight is 489 g/mol. The highest BCUT2D eigenvalue weighted by Gasteiger charge is 2.33. The van der Waals surface area contributed by atoms with Crippen LogP contribution in [0.15, 0.2) is 77.7 Å². The van der Waals surface area contributed by atoms with Crippen molar-refractivity contribution in [3.8, 4) is 12.3 Å². The minimum atomic E-state index is -0.236. The van der Waals surface area contributed by atoms with Crippen molar-refractivity contribution < 1.29 is 19.3 Å². The third kappa shape index (κ3) is 6.98. The number of aliphatic hydroxyl groups is 1. The highest BCUT2D eigenvalue weighted by molar-refractivity contribution is 7.98. The molecule has 1 aliphatic heterocycles. The van der Waals surface area contributed by atoms with Gasteiger partial charge >= 0.3 is 0 Å². The Kier molecular flexibility index (Phi) is 9.42. The first-order valence-corrected chi connectivity index (χ1v) is 13.1. The molecule has 1 aliphatic rings. The smallest absolute Gasteiger partial charge is 0.0858 e. The van der Waals surface area contributed by atoms with Gasteiger partial charge < -0.3 is 19.3 Å². The van der Waals surface area contributed by atoms with Crippen molar-refractivity contribution in [2.24, 2.45) is 0 Å². The number of aliphatic hydroxyl groups excluding tert-OH is 1. The fourth-order valence-corrected chi connectivity index (χ4v) is 5.04. The molecule has 4 nitrogen and oxygen atoms in total. The molecule has 0 aliphatic carbocycles. The van der Waals surface area contributed by atoms with Crippen LogP contribution in [-0.2, 0) is 34.0 Å². The highest BCUT2D eigenvalue weighted by atomic mass is 32.2. The van der Waals surface area contributed by atoms with E-state index < -0.39 is 0 Å². The first-order valence-electron chi connectivity index (χ1n) is 11.9. The lowest BCUT2D eigenvalue weighted by atomic mass is 9.92. The lowest BCUT2D eigenvalue weighted by Gasteiger charge is -2.36. The summed E-state index contributed by atoms with van der Waals surface area (Å²) in [4.78, 5) is 0.982. The zero-order valence-corrected chi connectivity index (χ0v) is 20.9. The monoisotopic (exact) mass is 488 g/mol. The van der Waals surface area contributed by atoms with Crippen LogP contribution in [0.1, 0.15) is 46.8 Å². The molecular weight excluding hydrogens is 456 g/mol. The van der Waals surface area contributed by atoms with Gasteiger partial charge in [0.2, 0.25) is 0 Å². The van der Waals surface area contributed by atoms with Gasteiger partial charge in [-0.05, 0) is 40.6 Å². The van der Waals surface area contributed by atoms with Crippen molar-refractivity contribution in [3.05, 3.63) is 101 Å². The van der Waals surface area contributed by atoms with Crippen molar-refractivity contribution in [3.63, 3.8) is 0 Å². The van der Waals surface area contributed by atoms with E-state index in [1.165, 1.54) is 0 Å². The Hall–Kier alpha value is -2.59. The zero-order valence-electron chi connectivity index (χ0n) is 20.1. The molecule has 2 unspecified atom stereocenters. The number of thioether (sulfide) groups is 1. The molecular formula is C30H32O4S. The minimum absolute atomic E-state index is 0.000312. The quantitative estimate of drug-likeness (QED) is 0.284. The van der Waals surface area contributed by atoms with Gasteiger partial charge in [0, 0.05) is 23.3 Å². The van der Waals surface area contributed by atoms with Gasteiger partial charge in [-0.15, -0.1) is 18.2 Å². The molecule has 1 saturated heterocycles. The summed E-state index contributed by atoms with van der Waals surface area (Å²) in [6.07, 6.45) is 8.86. The lowest BCUT2D eigenvalue weighted by Crippen LogP contribution is -2.36. The van der Waals surface area contributed by atoms with Gasteiger partial charge in [-0.3, -0.25) is 0 Å². The Morgan fingerprint density at radius 1 is 1.00 bits per heavy atom. The third-order valence-corrected chi connectivity index (χ3v) is 7.01. The summed E-state index contributed by atoms with van der Waals surface area (Å²) >= 11 is 1.58. The Bertz CT molecular complexity index is 1110. The van der Waals surface area contributed by atoms with Crippen molar-refractivity contribution >= 4 is 11.8 Å². The molecule has 0 saturated carbocycles. The van der Waals surface area contributed by atoms with Crippen LogP contribution in [0.3, 0.4) is 0 Å². The molecule has 35 heavy (non-hydrogen) atoms. The molecule has 0 spiro atoms. The molecule has 0 bridgehead atoms. The van der Waals surface area contributed by atoms with Gasteiger partial charge in [0.05, 0.1) is 44.7 Å². The predicted octanol–water partition coefficient (Wildman–Crippen LogP) is 5.90. The maximum absolute atomic E-state index is 10.1. The average Bonchev–Trinajstić information content (AvgIpc) is 2.92. The third-order valence-electron chi connectivity index (χ3n) is 6.24. The molecule has 1 fully saturated rings. The number of ether oxygens (including phenoxy) is 3. The van der Waals surface area contributed by atoms with E-state index in [0.717, 1.165) is 39.1 Å². The number of terminal acetylenes is 1. The van der Waals surface area contributed by atoms with E-state index in [-0.39, 0.29) is 24.9 Å². The van der Waals surface area contributed by atoms with Crippen molar-refractivity contribution in [1.29, 1.82) is 0 Å². The number of rotatable bonds is 10. The van der Waals surface area contributed by atoms with Crippen LogP contribution in [0.2, 0.25) is 0 Å². The maximum Gasteiger partial charge on any atom is 0.0858 e. The van der Waals surface area contributed by atoms with E-state index in [2.05, 4.69) is 30.2 Å². The van der Waals surface area contributed by atoms with Crippen LogP contribution < -0.4 is 0 Å². The van der Waals surface area contributed by atoms with E-state index in [1.54, 1.807) is 11.8 Å². The summed E-state index contributed by atoms with van der Waals surface area (Å²) in [6, 6.07) is 24.3. The molecule has 1 N–H and O–H groups in total. The molecule has 182 valence electrons. The zero-order chi connectivity index (χ0) is 24.5. The molecule has 0 aromatic heterocycles. The van der Waals surface area contributed by atoms with E-state index >= 15 is 0 Å². The topological polar surface area (TPSA) is 47.9 Å². The van der Waals surface area contributed by atoms with Crippen LogP contribution in [0, 0.1) is 12.3 Å². The largest absolute Gasteiger partial charge is 0.392 e. The Labute approximate surface area is 212 Å². The second-order valence-corrected chi connectivity index (χ2v) is 9.54. The van der Waals surface area contributed by atoms with Crippen LogP contribution >= 0.6 is 11.8 Å². The van der Waals surface area contributed by atoms with Gasteiger partial charge in [-0.25, -0.2) is 0 Å². The summed E-state index contributed by atoms with van der Waals surface area (Å²) < 4.78 is 18.9. The molecule has 1 heterocycles. The fourth-order valence-electron chi connectivity index (χ4n) is 4.44. The maximum atomic E-state index is 10.1. The molecule has 4 rings (SSSR count). The lowest BCUT2D eigenvalue weighted by molar-refractivity contribution is -0.142. The standard InChI is InChI=1S/C30H32O4S/c1-3-24-14-28(25(18-31)15-30(24)35-2)29-17-26(33-20-23-12-8-5-9-13-23)16-27(34-29)21-32-19-22-10-6-4-7-11-22/h1,4-15,26-27,29,31H,16-21H2,2H3/t26?,27-,29?/m0/s1. The second-order valence-electron chi connectivity index (χ2n) is 8.69. The van der Waals surface area contributed by atoms with Crippen molar-refractivity contribution in [1.82, 2.24) is 0 Å². The van der Waals surface area contributed by atoms with Crippen LogP contribution in [-0.4, -0.2) is 30.2 Å². The van der Waals surface area contributed by atoms with Gasteiger partial charge in [0.15, 0.2) is 0 Å². The van der Waals surface area contributed by atoms with Gasteiger partial charge in [0.1, 0.15) is 0 Å². The normalized spacial score (nSPS) is 19.9.